The zero-order chi connectivity index (χ0) is 20.1. The zero-order valence-corrected chi connectivity index (χ0v) is 16.0. The van der Waals surface area contributed by atoms with Gasteiger partial charge in [-0.3, -0.25) is 19.9 Å². The van der Waals surface area contributed by atoms with Crippen LogP contribution in [0.1, 0.15) is 12.5 Å². The summed E-state index contributed by atoms with van der Waals surface area (Å²) < 4.78 is 1.69. The van der Waals surface area contributed by atoms with E-state index in [1.54, 1.807) is 42.2 Å². The molecule has 2 aromatic carbocycles. The van der Waals surface area contributed by atoms with Crippen molar-refractivity contribution in [2.75, 3.05) is 12.4 Å². The van der Waals surface area contributed by atoms with Crippen LogP contribution < -0.4 is 10.1 Å². The van der Waals surface area contributed by atoms with Gasteiger partial charge < -0.3 is 5.32 Å². The number of carbonyl (C=O) groups is 1. The van der Waals surface area contributed by atoms with Gasteiger partial charge in [-0.15, -0.1) is 11.3 Å². The van der Waals surface area contributed by atoms with Gasteiger partial charge in [0.15, 0.2) is 0 Å². The van der Waals surface area contributed by atoms with Gasteiger partial charge in [-0.1, -0.05) is 12.1 Å². The van der Waals surface area contributed by atoms with Gasteiger partial charge in [0.25, 0.3) is 5.69 Å². The number of benzene rings is 2. The second kappa shape index (κ2) is 8.40. The maximum atomic E-state index is 11.1. The fourth-order valence-corrected chi connectivity index (χ4v) is 3.30. The lowest BCUT2D eigenvalue weighted by atomic mass is 10.1. The first kappa shape index (κ1) is 19.2. The van der Waals surface area contributed by atoms with E-state index in [0.717, 1.165) is 16.8 Å². The molecule has 1 amide bonds. The van der Waals surface area contributed by atoms with Crippen LogP contribution >= 0.6 is 11.3 Å². The second-order valence-corrected chi connectivity index (χ2v) is 6.63. The summed E-state index contributed by atoms with van der Waals surface area (Å²) in [5.41, 5.74) is 3.18. The highest BCUT2D eigenvalue weighted by molar-refractivity contribution is 7.07. The number of hydrogen-bond acceptors (Lipinski definition) is 6. The van der Waals surface area contributed by atoms with E-state index in [1.807, 2.05) is 17.5 Å². The summed E-state index contributed by atoms with van der Waals surface area (Å²) in [4.78, 5) is 26.4. The third-order valence-corrected chi connectivity index (χ3v) is 4.71. The molecule has 0 saturated heterocycles. The quantitative estimate of drug-likeness (QED) is 0.406. The summed E-state index contributed by atoms with van der Waals surface area (Å²) in [6.45, 7) is 1.46. The Morgan fingerprint density at radius 2 is 1.86 bits per heavy atom. The van der Waals surface area contributed by atoms with Crippen molar-refractivity contribution in [1.82, 2.24) is 4.68 Å². The van der Waals surface area contributed by atoms with Gasteiger partial charge in [0.1, 0.15) is 0 Å². The standard InChI is InChI=1S/C19H17N5O3S/c1-13(25)22-16-7-3-14(4-8-16)11-21-23-18(12-28-19(23)20-2)15-5-9-17(10-6-15)24(26)27/h3-12H,1-2H3,(H,22,25)/b20-19?,21-11-. The van der Waals surface area contributed by atoms with Gasteiger partial charge in [-0.05, 0) is 29.8 Å². The molecule has 142 valence electrons. The number of nitrogens with one attached hydrogen (secondary N) is 1. The van der Waals surface area contributed by atoms with E-state index in [1.165, 1.54) is 30.4 Å². The average Bonchev–Trinajstić information content (AvgIpc) is 3.10. The fraction of sp³-hybridized carbons (Fsp3) is 0.105. The molecule has 0 aliphatic heterocycles. The van der Waals surface area contributed by atoms with E-state index in [9.17, 15) is 14.9 Å². The molecule has 0 aliphatic carbocycles. The Bertz CT molecular complexity index is 1100. The highest BCUT2D eigenvalue weighted by Crippen LogP contribution is 2.23. The number of nitro benzene ring substituents is 1. The smallest absolute Gasteiger partial charge is 0.269 e. The molecule has 9 heteroatoms. The van der Waals surface area contributed by atoms with Crippen LogP contribution in [0.25, 0.3) is 11.3 Å². The van der Waals surface area contributed by atoms with E-state index in [2.05, 4.69) is 15.4 Å². The van der Waals surface area contributed by atoms with Gasteiger partial charge in [0.05, 0.1) is 16.8 Å². The van der Waals surface area contributed by atoms with Crippen molar-refractivity contribution in [3.8, 4) is 11.3 Å². The molecule has 0 unspecified atom stereocenters. The summed E-state index contributed by atoms with van der Waals surface area (Å²) in [7, 11) is 1.68. The number of non-ortho nitro benzene ring substituents is 1. The molecule has 3 aromatic rings. The van der Waals surface area contributed by atoms with E-state index >= 15 is 0 Å². The molecule has 28 heavy (non-hydrogen) atoms. The molecule has 1 heterocycles. The molecule has 1 N–H and O–H groups in total. The third-order valence-electron chi connectivity index (χ3n) is 3.80. The molecular formula is C19H17N5O3S. The average molecular weight is 395 g/mol. The Hall–Kier alpha value is -3.59. The Morgan fingerprint density at radius 1 is 1.18 bits per heavy atom. The molecule has 3 rings (SSSR count). The number of hydrogen-bond donors (Lipinski definition) is 1. The number of carbonyl (C=O) groups excluding carboxylic acids is 1. The topological polar surface area (TPSA) is 102 Å². The number of anilines is 1. The lowest BCUT2D eigenvalue weighted by Crippen LogP contribution is -2.11. The van der Waals surface area contributed by atoms with Crippen LogP contribution in [0.2, 0.25) is 0 Å². The van der Waals surface area contributed by atoms with Crippen molar-refractivity contribution in [3.05, 3.63) is 74.4 Å². The van der Waals surface area contributed by atoms with Crippen LogP contribution in [-0.2, 0) is 4.79 Å². The minimum atomic E-state index is -0.430. The number of amides is 1. The van der Waals surface area contributed by atoms with Crippen molar-refractivity contribution in [2.45, 2.75) is 6.92 Å². The monoisotopic (exact) mass is 395 g/mol. The molecule has 0 spiro atoms. The Balaban J connectivity index is 1.91. The number of aromatic nitrogens is 1. The molecular weight excluding hydrogens is 378 g/mol. The van der Waals surface area contributed by atoms with Gasteiger partial charge in [-0.2, -0.15) is 5.10 Å². The van der Waals surface area contributed by atoms with Gasteiger partial charge >= 0.3 is 0 Å². The zero-order valence-electron chi connectivity index (χ0n) is 15.2. The molecule has 0 aliphatic rings. The Labute approximate surface area is 164 Å². The molecule has 0 saturated carbocycles. The predicted octanol–water partition coefficient (Wildman–Crippen LogP) is 3.50. The summed E-state index contributed by atoms with van der Waals surface area (Å²) in [6.07, 6.45) is 1.69. The van der Waals surface area contributed by atoms with E-state index in [-0.39, 0.29) is 11.6 Å². The van der Waals surface area contributed by atoms with Gasteiger partial charge in [0.2, 0.25) is 10.7 Å². The van der Waals surface area contributed by atoms with Crippen LogP contribution in [0.5, 0.6) is 0 Å². The number of nitrogens with zero attached hydrogens (tertiary/aromatic N) is 4. The van der Waals surface area contributed by atoms with Crippen LogP contribution in [0.4, 0.5) is 11.4 Å². The molecule has 0 atom stereocenters. The predicted molar refractivity (Wildman–Crippen MR) is 110 cm³/mol. The lowest BCUT2D eigenvalue weighted by molar-refractivity contribution is -0.384. The van der Waals surface area contributed by atoms with E-state index in [0.29, 0.717) is 10.5 Å². The van der Waals surface area contributed by atoms with Crippen LogP contribution in [0, 0.1) is 10.1 Å². The molecule has 0 bridgehead atoms. The minimum absolute atomic E-state index is 0.0358. The summed E-state index contributed by atoms with van der Waals surface area (Å²) in [5.74, 6) is -0.128. The maximum Gasteiger partial charge on any atom is 0.269 e. The first-order valence-corrected chi connectivity index (χ1v) is 9.16. The first-order chi connectivity index (χ1) is 13.5. The van der Waals surface area contributed by atoms with E-state index in [4.69, 9.17) is 0 Å². The van der Waals surface area contributed by atoms with E-state index < -0.39 is 4.92 Å². The third kappa shape index (κ3) is 4.38. The SMILES string of the molecule is CN=c1scc(-c2ccc([N+](=O)[O-])cc2)n1/N=C\c1ccc(NC(C)=O)cc1. The van der Waals surface area contributed by atoms with Crippen molar-refractivity contribution < 1.29 is 9.72 Å². The Kier molecular flexibility index (Phi) is 5.75. The van der Waals surface area contributed by atoms with Crippen LogP contribution in [-0.4, -0.2) is 28.8 Å². The van der Waals surface area contributed by atoms with Gasteiger partial charge in [-0.25, -0.2) is 4.68 Å². The highest BCUT2D eigenvalue weighted by atomic mass is 32.1. The van der Waals surface area contributed by atoms with Gasteiger partial charge in [0, 0.05) is 42.7 Å². The maximum absolute atomic E-state index is 11.1. The fourth-order valence-electron chi connectivity index (χ4n) is 2.49. The summed E-state index contributed by atoms with van der Waals surface area (Å²) >= 11 is 1.43. The highest BCUT2D eigenvalue weighted by Gasteiger charge is 2.10. The summed E-state index contributed by atoms with van der Waals surface area (Å²) in [5, 5.41) is 20.0. The largest absolute Gasteiger partial charge is 0.326 e. The molecule has 1 aromatic heterocycles. The number of thiazole rings is 1. The molecule has 0 fully saturated rings. The van der Waals surface area contributed by atoms with Crippen molar-refractivity contribution in [2.24, 2.45) is 10.1 Å². The Morgan fingerprint density at radius 3 is 2.43 bits per heavy atom. The van der Waals surface area contributed by atoms with Crippen LogP contribution in [0.3, 0.4) is 0 Å². The summed E-state index contributed by atoms with van der Waals surface area (Å²) in [6, 6.07) is 13.6. The van der Waals surface area contributed by atoms with Crippen molar-refractivity contribution in [1.29, 1.82) is 0 Å². The van der Waals surface area contributed by atoms with Crippen LogP contribution in [0.15, 0.2) is 64.0 Å². The minimum Gasteiger partial charge on any atom is -0.326 e. The molecule has 0 radical (unpaired) electrons. The normalized spacial score (nSPS) is 11.7. The lowest BCUT2D eigenvalue weighted by Gasteiger charge is -2.04. The number of rotatable bonds is 5. The van der Waals surface area contributed by atoms with Crippen molar-refractivity contribution in [3.63, 3.8) is 0 Å². The second-order valence-electron chi connectivity index (χ2n) is 5.79. The molecule has 8 nitrogen and oxygen atoms in total. The number of nitro groups is 1. The van der Waals surface area contributed by atoms with Crippen molar-refractivity contribution >= 4 is 34.8 Å². The first-order valence-electron chi connectivity index (χ1n) is 8.28.